The van der Waals surface area contributed by atoms with E-state index in [1.54, 1.807) is 0 Å². The highest BCUT2D eigenvalue weighted by atomic mass is 79.9. The number of nitrogens with one attached hydrogen (secondary N) is 1. The van der Waals surface area contributed by atoms with Gasteiger partial charge in [-0.1, -0.05) is 15.9 Å². The van der Waals surface area contributed by atoms with E-state index in [1.165, 1.54) is 0 Å². The number of amides is 1. The Kier molecular flexibility index (Phi) is 2.22. The van der Waals surface area contributed by atoms with Gasteiger partial charge in [0.2, 0.25) is 5.91 Å². The molecule has 1 N–H and O–H groups in total. The van der Waals surface area contributed by atoms with E-state index in [-0.39, 0.29) is 5.91 Å². The number of carbonyl (C=O) groups is 1. The summed E-state index contributed by atoms with van der Waals surface area (Å²) >= 11 is 3.36. The normalized spacial score (nSPS) is 16.1. The monoisotopic (exact) mass is 240 g/mol. The van der Waals surface area contributed by atoms with Gasteiger partial charge in [0.15, 0.2) is 0 Å². The number of hydrazine groups is 1. The molecule has 0 radical (unpaired) electrons. The van der Waals surface area contributed by atoms with Gasteiger partial charge in [-0.15, -0.1) is 0 Å². The predicted molar refractivity (Wildman–Crippen MR) is 54.2 cm³/mol. The Hall–Kier alpha value is -1.03. The van der Waals surface area contributed by atoms with Gasteiger partial charge < -0.3 is 0 Å². The van der Waals surface area contributed by atoms with Gasteiger partial charge in [0.1, 0.15) is 0 Å². The Labute approximate surface area is 84.8 Å². The van der Waals surface area contributed by atoms with Crippen molar-refractivity contribution in [2.24, 2.45) is 0 Å². The summed E-state index contributed by atoms with van der Waals surface area (Å²) < 4.78 is 1.04. The molecular weight excluding hydrogens is 232 g/mol. The third kappa shape index (κ3) is 1.83. The minimum atomic E-state index is 0.0860. The number of hydrogen-bond acceptors (Lipinski definition) is 2. The Bertz CT molecular complexity index is 323. The van der Waals surface area contributed by atoms with Crippen LogP contribution >= 0.6 is 15.9 Å². The van der Waals surface area contributed by atoms with Crippen molar-refractivity contribution in [2.75, 3.05) is 11.6 Å². The highest BCUT2D eigenvalue weighted by Gasteiger charge is 2.17. The number of rotatable bonds is 1. The van der Waals surface area contributed by atoms with Crippen LogP contribution in [0, 0.1) is 0 Å². The molecule has 0 aliphatic carbocycles. The fourth-order valence-electron chi connectivity index (χ4n) is 1.29. The second-order valence-corrected chi connectivity index (χ2v) is 3.83. The summed E-state index contributed by atoms with van der Waals surface area (Å²) in [4.78, 5) is 10.9. The molecule has 0 saturated carbocycles. The van der Waals surface area contributed by atoms with Crippen molar-refractivity contribution in [1.82, 2.24) is 5.43 Å². The Morgan fingerprint density at radius 2 is 2.00 bits per heavy atom. The standard InChI is InChI=1S/C9H9BrN2O/c10-7-1-3-8(4-2-7)12-6-5-9(13)11-12/h1-4H,5-6H2,(H,11,13). The highest BCUT2D eigenvalue weighted by Crippen LogP contribution is 2.18. The largest absolute Gasteiger partial charge is 0.285 e. The maximum atomic E-state index is 10.9. The number of halogens is 1. The molecule has 1 fully saturated rings. The number of carbonyl (C=O) groups excluding carboxylic acids is 1. The van der Waals surface area contributed by atoms with E-state index >= 15 is 0 Å². The van der Waals surface area contributed by atoms with Crippen LogP contribution in [-0.2, 0) is 4.79 Å². The number of nitrogens with zero attached hydrogens (tertiary/aromatic N) is 1. The molecule has 1 aromatic carbocycles. The first kappa shape index (κ1) is 8.56. The van der Waals surface area contributed by atoms with E-state index < -0.39 is 0 Å². The third-order valence-electron chi connectivity index (χ3n) is 1.96. The van der Waals surface area contributed by atoms with Crippen molar-refractivity contribution in [3.8, 4) is 0 Å². The van der Waals surface area contributed by atoms with Crippen LogP contribution in [0.5, 0.6) is 0 Å². The number of anilines is 1. The van der Waals surface area contributed by atoms with Crippen LogP contribution in [-0.4, -0.2) is 12.5 Å². The topological polar surface area (TPSA) is 32.3 Å². The molecule has 1 amide bonds. The zero-order valence-electron chi connectivity index (χ0n) is 6.96. The summed E-state index contributed by atoms with van der Waals surface area (Å²) in [5.41, 5.74) is 3.79. The molecular formula is C9H9BrN2O. The van der Waals surface area contributed by atoms with E-state index in [4.69, 9.17) is 0 Å². The van der Waals surface area contributed by atoms with Gasteiger partial charge in [0.05, 0.1) is 5.69 Å². The summed E-state index contributed by atoms with van der Waals surface area (Å²) in [6, 6.07) is 7.85. The van der Waals surface area contributed by atoms with Crippen LogP contribution in [0.25, 0.3) is 0 Å². The first-order valence-corrected chi connectivity index (χ1v) is 4.87. The Balaban J connectivity index is 2.17. The molecule has 0 atom stereocenters. The van der Waals surface area contributed by atoms with Gasteiger partial charge >= 0.3 is 0 Å². The quantitative estimate of drug-likeness (QED) is 0.811. The van der Waals surface area contributed by atoms with Gasteiger partial charge in [-0.2, -0.15) is 0 Å². The second-order valence-electron chi connectivity index (χ2n) is 2.91. The lowest BCUT2D eigenvalue weighted by Crippen LogP contribution is -2.32. The summed E-state index contributed by atoms with van der Waals surface area (Å²) in [6.07, 6.45) is 0.579. The molecule has 1 saturated heterocycles. The summed E-state index contributed by atoms with van der Waals surface area (Å²) in [7, 11) is 0. The van der Waals surface area contributed by atoms with E-state index in [9.17, 15) is 4.79 Å². The molecule has 4 heteroatoms. The van der Waals surface area contributed by atoms with Gasteiger partial charge in [-0.25, -0.2) is 0 Å². The van der Waals surface area contributed by atoms with Crippen LogP contribution in [0.4, 0.5) is 5.69 Å². The fourth-order valence-corrected chi connectivity index (χ4v) is 1.55. The fraction of sp³-hybridized carbons (Fsp3) is 0.222. The minimum Gasteiger partial charge on any atom is -0.285 e. The SMILES string of the molecule is O=C1CCN(c2ccc(Br)cc2)N1. The summed E-state index contributed by atoms with van der Waals surface area (Å²) in [6.45, 7) is 0.750. The van der Waals surface area contributed by atoms with Crippen molar-refractivity contribution in [2.45, 2.75) is 6.42 Å². The molecule has 0 spiro atoms. The van der Waals surface area contributed by atoms with Crippen LogP contribution < -0.4 is 10.4 Å². The maximum absolute atomic E-state index is 10.9. The lowest BCUT2D eigenvalue weighted by molar-refractivity contribution is -0.119. The lowest BCUT2D eigenvalue weighted by atomic mass is 10.3. The zero-order valence-corrected chi connectivity index (χ0v) is 8.54. The minimum absolute atomic E-state index is 0.0860. The molecule has 3 nitrogen and oxygen atoms in total. The van der Waals surface area contributed by atoms with Gasteiger partial charge in [-0.05, 0) is 24.3 Å². The van der Waals surface area contributed by atoms with Crippen molar-refractivity contribution in [3.05, 3.63) is 28.7 Å². The third-order valence-corrected chi connectivity index (χ3v) is 2.49. The van der Waals surface area contributed by atoms with Gasteiger partial charge in [0, 0.05) is 17.4 Å². The van der Waals surface area contributed by atoms with Crippen LogP contribution in [0.2, 0.25) is 0 Å². The Morgan fingerprint density at radius 3 is 2.54 bits per heavy atom. The van der Waals surface area contributed by atoms with E-state index in [1.807, 2.05) is 29.3 Å². The highest BCUT2D eigenvalue weighted by molar-refractivity contribution is 9.10. The lowest BCUT2D eigenvalue weighted by Gasteiger charge is -2.16. The van der Waals surface area contributed by atoms with Crippen molar-refractivity contribution in [1.29, 1.82) is 0 Å². The molecule has 1 heterocycles. The molecule has 1 aliphatic heterocycles. The van der Waals surface area contributed by atoms with Crippen LogP contribution in [0.15, 0.2) is 28.7 Å². The smallest absolute Gasteiger partial charge is 0.240 e. The maximum Gasteiger partial charge on any atom is 0.240 e. The van der Waals surface area contributed by atoms with Gasteiger partial charge in [0.25, 0.3) is 0 Å². The van der Waals surface area contributed by atoms with E-state index in [0.717, 1.165) is 16.7 Å². The first-order valence-electron chi connectivity index (χ1n) is 4.08. The molecule has 0 bridgehead atoms. The zero-order chi connectivity index (χ0) is 9.26. The molecule has 0 aromatic heterocycles. The average molecular weight is 241 g/mol. The van der Waals surface area contributed by atoms with Crippen molar-refractivity contribution < 1.29 is 4.79 Å². The molecule has 13 heavy (non-hydrogen) atoms. The molecule has 0 unspecified atom stereocenters. The molecule has 1 aromatic rings. The molecule has 1 aliphatic rings. The summed E-state index contributed by atoms with van der Waals surface area (Å²) in [5, 5.41) is 1.86. The Morgan fingerprint density at radius 1 is 1.31 bits per heavy atom. The average Bonchev–Trinajstić information content (AvgIpc) is 2.53. The van der Waals surface area contributed by atoms with Crippen molar-refractivity contribution >= 4 is 27.5 Å². The van der Waals surface area contributed by atoms with E-state index in [0.29, 0.717) is 6.42 Å². The first-order chi connectivity index (χ1) is 6.25. The number of hydrogen-bond donors (Lipinski definition) is 1. The summed E-state index contributed by atoms with van der Waals surface area (Å²) in [5.74, 6) is 0.0860. The number of benzene rings is 1. The van der Waals surface area contributed by atoms with Crippen LogP contribution in [0.1, 0.15) is 6.42 Å². The molecule has 68 valence electrons. The predicted octanol–water partition coefficient (Wildman–Crippen LogP) is 1.69. The van der Waals surface area contributed by atoms with Crippen LogP contribution in [0.3, 0.4) is 0 Å². The van der Waals surface area contributed by atoms with Gasteiger partial charge in [-0.3, -0.25) is 15.2 Å². The van der Waals surface area contributed by atoms with E-state index in [2.05, 4.69) is 21.4 Å². The molecule has 2 rings (SSSR count). The van der Waals surface area contributed by atoms with Crippen molar-refractivity contribution in [3.63, 3.8) is 0 Å². The second kappa shape index (κ2) is 3.38.